The Bertz CT molecular complexity index is 744. The standard InChI is InChI=1S/C16H11NOSe/c18-16(10-8-13-5-3-11-19-13)15-9-7-12-4-1-2-6-14(12)17-15/h1-11H. The summed E-state index contributed by atoms with van der Waals surface area (Å²) >= 11 is 0.369. The minimum atomic E-state index is -0.0469. The van der Waals surface area contributed by atoms with E-state index >= 15 is 0 Å². The molecule has 2 heterocycles. The number of benzene rings is 1. The maximum atomic E-state index is 12.1. The molecule has 0 N–H and O–H groups in total. The van der Waals surface area contributed by atoms with E-state index in [0.717, 1.165) is 10.9 Å². The van der Waals surface area contributed by atoms with Crippen molar-refractivity contribution in [3.8, 4) is 0 Å². The zero-order chi connectivity index (χ0) is 13.1. The third kappa shape index (κ3) is 2.73. The molecule has 0 radical (unpaired) electrons. The van der Waals surface area contributed by atoms with Gasteiger partial charge in [0.1, 0.15) is 0 Å². The van der Waals surface area contributed by atoms with Crippen molar-refractivity contribution in [2.24, 2.45) is 0 Å². The molecule has 0 bridgehead atoms. The third-order valence-corrected chi connectivity index (χ3v) is 4.55. The fraction of sp³-hybridized carbons (Fsp3) is 0. The molecule has 0 unspecified atom stereocenters. The van der Waals surface area contributed by atoms with Crippen LogP contribution in [-0.2, 0) is 0 Å². The second kappa shape index (κ2) is 5.35. The van der Waals surface area contributed by atoms with E-state index in [0.29, 0.717) is 20.2 Å². The van der Waals surface area contributed by atoms with Crippen LogP contribution in [0.15, 0.2) is 59.5 Å². The number of allylic oxidation sites excluding steroid dienone is 1. The van der Waals surface area contributed by atoms with Crippen molar-refractivity contribution in [3.05, 3.63) is 69.7 Å². The summed E-state index contributed by atoms with van der Waals surface area (Å²) in [5, 5.41) is 1.05. The van der Waals surface area contributed by atoms with E-state index in [4.69, 9.17) is 0 Å². The first-order valence-corrected chi connectivity index (χ1v) is 7.79. The quantitative estimate of drug-likeness (QED) is 0.422. The Morgan fingerprint density at radius 3 is 2.79 bits per heavy atom. The molecule has 19 heavy (non-hydrogen) atoms. The molecule has 0 amide bonds. The van der Waals surface area contributed by atoms with E-state index in [1.165, 1.54) is 4.44 Å². The molecule has 3 rings (SSSR count). The number of hydrogen-bond acceptors (Lipinski definition) is 2. The van der Waals surface area contributed by atoms with Crippen LogP contribution in [0.2, 0.25) is 0 Å². The van der Waals surface area contributed by atoms with Crippen LogP contribution < -0.4 is 0 Å². The number of pyridine rings is 1. The number of para-hydroxylation sites is 1. The Kier molecular flexibility index (Phi) is 3.41. The summed E-state index contributed by atoms with van der Waals surface area (Å²) in [6, 6.07) is 15.6. The zero-order valence-corrected chi connectivity index (χ0v) is 11.8. The van der Waals surface area contributed by atoms with Crippen molar-refractivity contribution < 1.29 is 4.79 Å². The number of ketones is 1. The van der Waals surface area contributed by atoms with Gasteiger partial charge < -0.3 is 0 Å². The number of rotatable bonds is 3. The second-order valence-corrected chi connectivity index (χ2v) is 6.16. The van der Waals surface area contributed by atoms with Gasteiger partial charge in [0, 0.05) is 0 Å². The molecule has 0 saturated heterocycles. The van der Waals surface area contributed by atoms with Crippen LogP contribution in [0.3, 0.4) is 0 Å². The molecule has 0 aliphatic heterocycles. The topological polar surface area (TPSA) is 30.0 Å². The van der Waals surface area contributed by atoms with Gasteiger partial charge in [0.2, 0.25) is 0 Å². The molecule has 0 aliphatic carbocycles. The molecule has 92 valence electrons. The van der Waals surface area contributed by atoms with Gasteiger partial charge in [-0.15, -0.1) is 0 Å². The molecular formula is C16H11NOSe. The van der Waals surface area contributed by atoms with Gasteiger partial charge in [-0.2, -0.15) is 0 Å². The number of hydrogen-bond donors (Lipinski definition) is 0. The zero-order valence-electron chi connectivity index (χ0n) is 10.1. The summed E-state index contributed by atoms with van der Waals surface area (Å²) in [7, 11) is 0. The van der Waals surface area contributed by atoms with E-state index in [-0.39, 0.29) is 5.78 Å². The molecule has 0 atom stereocenters. The fourth-order valence-electron chi connectivity index (χ4n) is 1.83. The molecule has 2 aromatic heterocycles. The fourth-order valence-corrected chi connectivity index (χ4v) is 3.13. The summed E-state index contributed by atoms with van der Waals surface area (Å²) in [6.45, 7) is 0. The van der Waals surface area contributed by atoms with Crippen molar-refractivity contribution in [3.63, 3.8) is 0 Å². The summed E-state index contributed by atoms with van der Waals surface area (Å²) < 4.78 is 1.21. The molecule has 1 aromatic carbocycles. The van der Waals surface area contributed by atoms with Crippen LogP contribution in [0.5, 0.6) is 0 Å². The number of nitrogens with zero attached hydrogens (tertiary/aromatic N) is 1. The SMILES string of the molecule is O=C(C=Cc1ccc[se]1)c1ccc2ccccc2n1. The van der Waals surface area contributed by atoms with Gasteiger partial charge in [-0.3, -0.25) is 0 Å². The number of fused-ring (bicyclic) bond motifs is 1. The van der Waals surface area contributed by atoms with Crippen LogP contribution in [0.25, 0.3) is 17.0 Å². The maximum absolute atomic E-state index is 12.1. The van der Waals surface area contributed by atoms with Gasteiger partial charge in [0.15, 0.2) is 0 Å². The molecule has 0 aliphatic rings. The van der Waals surface area contributed by atoms with E-state index in [2.05, 4.69) is 9.92 Å². The molecule has 0 spiro atoms. The van der Waals surface area contributed by atoms with E-state index in [1.807, 2.05) is 48.5 Å². The first kappa shape index (κ1) is 12.1. The van der Waals surface area contributed by atoms with Crippen molar-refractivity contribution >= 4 is 37.3 Å². The van der Waals surface area contributed by atoms with Gasteiger partial charge in [-0.05, 0) is 0 Å². The Balaban J connectivity index is 1.89. The van der Waals surface area contributed by atoms with Gasteiger partial charge in [-0.25, -0.2) is 0 Å². The van der Waals surface area contributed by atoms with Crippen molar-refractivity contribution in [2.45, 2.75) is 0 Å². The average Bonchev–Trinajstić information content (AvgIpc) is 2.97. The van der Waals surface area contributed by atoms with E-state index in [9.17, 15) is 4.79 Å². The van der Waals surface area contributed by atoms with Gasteiger partial charge >= 0.3 is 117 Å². The summed E-state index contributed by atoms with van der Waals surface area (Å²) in [4.78, 5) is 18.6. The predicted octanol–water partition coefficient (Wildman–Crippen LogP) is 3.19. The first-order valence-electron chi connectivity index (χ1n) is 5.95. The van der Waals surface area contributed by atoms with Crippen LogP contribution in [0.1, 0.15) is 14.9 Å². The number of aromatic nitrogens is 1. The molecule has 0 fully saturated rings. The molecule has 0 saturated carbocycles. The van der Waals surface area contributed by atoms with Crippen LogP contribution >= 0.6 is 0 Å². The van der Waals surface area contributed by atoms with Gasteiger partial charge in [0.25, 0.3) is 0 Å². The van der Waals surface area contributed by atoms with Crippen LogP contribution in [0.4, 0.5) is 0 Å². The Labute approximate surface area is 117 Å². The first-order chi connectivity index (χ1) is 9.33. The Morgan fingerprint density at radius 2 is 1.95 bits per heavy atom. The summed E-state index contributed by atoms with van der Waals surface area (Å²) in [5.41, 5.74) is 1.35. The number of carbonyl (C=O) groups excluding carboxylic acids is 1. The molecule has 3 aromatic rings. The molecule has 2 nitrogen and oxygen atoms in total. The minimum absolute atomic E-state index is 0.0469. The van der Waals surface area contributed by atoms with E-state index < -0.39 is 0 Å². The average molecular weight is 312 g/mol. The van der Waals surface area contributed by atoms with Crippen LogP contribution in [-0.4, -0.2) is 25.3 Å². The summed E-state index contributed by atoms with van der Waals surface area (Å²) in [5.74, 6) is -0.0469. The third-order valence-electron chi connectivity index (χ3n) is 2.79. The molecule has 3 heteroatoms. The predicted molar refractivity (Wildman–Crippen MR) is 78.5 cm³/mol. The second-order valence-electron chi connectivity index (χ2n) is 4.10. The van der Waals surface area contributed by atoms with Crippen molar-refractivity contribution in [1.29, 1.82) is 0 Å². The number of carbonyl (C=O) groups is 1. The van der Waals surface area contributed by atoms with E-state index in [1.54, 1.807) is 12.1 Å². The van der Waals surface area contributed by atoms with Crippen molar-refractivity contribution in [1.82, 2.24) is 4.98 Å². The Hall–Kier alpha value is -1.96. The van der Waals surface area contributed by atoms with Gasteiger partial charge in [0.05, 0.1) is 0 Å². The monoisotopic (exact) mass is 313 g/mol. The van der Waals surface area contributed by atoms with Gasteiger partial charge in [-0.1, -0.05) is 0 Å². The van der Waals surface area contributed by atoms with Crippen LogP contribution in [0, 0.1) is 0 Å². The Morgan fingerprint density at radius 1 is 1.05 bits per heavy atom. The molecular weight excluding hydrogens is 301 g/mol. The normalized spacial score (nSPS) is 11.2. The van der Waals surface area contributed by atoms with Crippen molar-refractivity contribution in [2.75, 3.05) is 0 Å². The summed E-state index contributed by atoms with van der Waals surface area (Å²) in [6.07, 6.45) is 3.50.